The molecule has 10 nitrogen and oxygen atoms in total. The largest absolute Gasteiger partial charge is 0.515 e. The molecule has 0 unspecified atom stereocenters. The highest BCUT2D eigenvalue weighted by molar-refractivity contribution is 7.52. The van der Waals surface area contributed by atoms with Gasteiger partial charge in [-0.3, -0.25) is 0 Å². The number of hydrogen-bond acceptors (Lipinski definition) is 6. The van der Waals surface area contributed by atoms with Crippen molar-refractivity contribution in [1.29, 1.82) is 0 Å². The number of nitrogens with zero attached hydrogens (tertiary/aromatic N) is 4. The highest BCUT2D eigenvalue weighted by atomic mass is 31.2. The van der Waals surface area contributed by atoms with Crippen LogP contribution in [0.25, 0.3) is 0 Å². The maximum absolute atomic E-state index is 14.7. The highest BCUT2D eigenvalue weighted by Gasteiger charge is 2.39. The maximum Gasteiger partial charge on any atom is 0.515 e. The Hall–Kier alpha value is -3.62. The van der Waals surface area contributed by atoms with E-state index in [-0.39, 0.29) is 0 Å². The molecular formula is C46H70N4O6P2+2. The van der Waals surface area contributed by atoms with Crippen molar-refractivity contribution in [3.05, 3.63) is 119 Å². The molecule has 0 amide bonds. The van der Waals surface area contributed by atoms with E-state index >= 15 is 0 Å². The van der Waals surface area contributed by atoms with Crippen LogP contribution in [-0.4, -0.2) is 98.9 Å². The lowest BCUT2D eigenvalue weighted by molar-refractivity contribution is -0.890. The van der Waals surface area contributed by atoms with Gasteiger partial charge in [-0.25, -0.2) is 9.13 Å². The van der Waals surface area contributed by atoms with Crippen molar-refractivity contribution in [2.75, 3.05) is 80.5 Å². The van der Waals surface area contributed by atoms with E-state index in [0.717, 1.165) is 83.1 Å². The first-order valence-corrected chi connectivity index (χ1v) is 23.8. The molecule has 0 aliphatic rings. The minimum Gasteiger partial charge on any atom is -0.404 e. The van der Waals surface area contributed by atoms with Gasteiger partial charge in [0.1, 0.15) is 23.0 Å². The lowest BCUT2D eigenvalue weighted by Crippen LogP contribution is -2.46. The smallest absolute Gasteiger partial charge is 0.404 e. The predicted molar refractivity (Wildman–Crippen MR) is 239 cm³/mol. The summed E-state index contributed by atoms with van der Waals surface area (Å²) in [5.41, 5.74) is 3.63. The van der Waals surface area contributed by atoms with E-state index in [0.29, 0.717) is 49.2 Å². The Bertz CT molecular complexity index is 1750. The van der Waals surface area contributed by atoms with Gasteiger partial charge in [0.05, 0.1) is 67.5 Å². The van der Waals surface area contributed by atoms with Crippen LogP contribution in [0.1, 0.15) is 61.8 Å². The summed E-state index contributed by atoms with van der Waals surface area (Å²) in [4.78, 5) is 0. The molecule has 0 fully saturated rings. The van der Waals surface area contributed by atoms with Gasteiger partial charge in [-0.2, -0.15) is 9.34 Å². The van der Waals surface area contributed by atoms with Gasteiger partial charge < -0.3 is 27.1 Å². The van der Waals surface area contributed by atoms with E-state index in [9.17, 15) is 9.13 Å². The molecule has 0 saturated heterocycles. The van der Waals surface area contributed by atoms with E-state index in [1.807, 2.05) is 148 Å². The van der Waals surface area contributed by atoms with Crippen LogP contribution in [0.3, 0.4) is 0 Å². The second-order valence-corrected chi connectivity index (χ2v) is 20.4. The van der Waals surface area contributed by atoms with Gasteiger partial charge >= 0.3 is 15.5 Å². The zero-order valence-corrected chi connectivity index (χ0v) is 38.6. The molecule has 4 rings (SSSR count). The number of hydrogen-bond donors (Lipinski definition) is 0. The van der Waals surface area contributed by atoms with Gasteiger partial charge in [-0.1, -0.05) is 86.6 Å². The zero-order valence-electron chi connectivity index (χ0n) is 36.9. The summed E-state index contributed by atoms with van der Waals surface area (Å²) in [6, 6.07) is 30.6. The Kier molecular flexibility index (Phi) is 17.5. The van der Waals surface area contributed by atoms with Crippen LogP contribution < -0.4 is 18.1 Å². The van der Waals surface area contributed by atoms with Crippen molar-refractivity contribution in [3.63, 3.8) is 0 Å². The van der Waals surface area contributed by atoms with Gasteiger partial charge in [0.25, 0.3) is 0 Å². The standard InChI is InChI=1S/C46H70N4O6P2/c1-11-47(57(51,53-43-29-19-15-25-39(43)3)54-44-30-20-16-26-40(44)4)33-37-49(7,8)35-23-13-14-24-36-50(9,10)38-34-48(12-2)58(52,55-45-31-21-17-27-41(45)5)56-46-32-22-18-28-42(46)6/h15-22,25-32H,11-14,23-24,33-38H2,1-10H3/q+2. The van der Waals surface area contributed by atoms with Crippen molar-refractivity contribution < 1.29 is 36.2 Å². The molecule has 0 saturated carbocycles. The predicted octanol–water partition coefficient (Wildman–Crippen LogP) is 11.1. The van der Waals surface area contributed by atoms with Crippen molar-refractivity contribution >= 4 is 15.5 Å². The van der Waals surface area contributed by atoms with E-state index in [1.165, 1.54) is 0 Å². The Balaban J connectivity index is 1.28. The normalized spacial score (nSPS) is 12.6. The lowest BCUT2D eigenvalue weighted by Gasteiger charge is -2.35. The first-order valence-electron chi connectivity index (χ1n) is 20.9. The number of rotatable bonds is 25. The number of benzene rings is 4. The average Bonchev–Trinajstić information content (AvgIpc) is 3.17. The number of unbranched alkanes of at least 4 members (excludes halogenated alkanes) is 3. The zero-order chi connectivity index (χ0) is 42.4. The fourth-order valence-electron chi connectivity index (χ4n) is 6.74. The minimum absolute atomic E-state index is 0.524. The maximum atomic E-state index is 14.7. The summed E-state index contributed by atoms with van der Waals surface area (Å²) in [7, 11) is 1.49. The second-order valence-electron chi connectivity index (χ2n) is 16.6. The van der Waals surface area contributed by atoms with Gasteiger partial charge in [-0.15, -0.1) is 0 Å². The topological polar surface area (TPSA) is 77.5 Å². The molecule has 0 bridgehead atoms. The fraction of sp³-hybridized carbons (Fsp3) is 0.478. The summed E-state index contributed by atoms with van der Waals surface area (Å²) < 4.78 is 59.9. The first-order chi connectivity index (χ1) is 27.5. The van der Waals surface area contributed by atoms with Crippen LogP contribution in [0.5, 0.6) is 23.0 Å². The fourth-order valence-corrected chi connectivity index (χ4v) is 10.4. The van der Waals surface area contributed by atoms with Crippen molar-refractivity contribution in [2.24, 2.45) is 0 Å². The van der Waals surface area contributed by atoms with Gasteiger partial charge in [-0.05, 0) is 99.9 Å². The Morgan fingerprint density at radius 3 is 0.931 bits per heavy atom. The number of likely N-dealkylation sites (N-methyl/N-ethyl adjacent to an activating group) is 4. The van der Waals surface area contributed by atoms with Crippen LogP contribution in [0.4, 0.5) is 0 Å². The van der Waals surface area contributed by atoms with Crippen molar-refractivity contribution in [3.8, 4) is 23.0 Å². The number of quaternary nitrogens is 2. The molecule has 0 radical (unpaired) electrons. The molecule has 4 aromatic carbocycles. The molecule has 0 aliphatic heterocycles. The molecular weight excluding hydrogens is 766 g/mol. The molecule has 58 heavy (non-hydrogen) atoms. The second kappa shape index (κ2) is 21.6. The van der Waals surface area contributed by atoms with Crippen LogP contribution in [0, 0.1) is 27.7 Å². The molecule has 0 heterocycles. The van der Waals surface area contributed by atoms with Gasteiger partial charge in [0.15, 0.2) is 0 Å². The molecule has 0 N–H and O–H groups in total. The molecule has 0 aromatic heterocycles. The third kappa shape index (κ3) is 14.0. The van der Waals surface area contributed by atoms with Crippen molar-refractivity contribution in [2.45, 2.75) is 67.2 Å². The third-order valence-corrected chi connectivity index (χ3v) is 14.9. The molecule has 12 heteroatoms. The molecule has 0 spiro atoms. The Labute approximate surface area is 350 Å². The van der Waals surface area contributed by atoms with E-state index in [2.05, 4.69) is 28.2 Å². The monoisotopic (exact) mass is 836 g/mol. The average molecular weight is 837 g/mol. The summed E-state index contributed by atoms with van der Waals surface area (Å²) in [5, 5.41) is 0. The summed E-state index contributed by atoms with van der Waals surface area (Å²) in [6.45, 7) is 17.6. The molecule has 0 aliphatic carbocycles. The number of aryl methyl sites for hydroxylation is 4. The lowest BCUT2D eigenvalue weighted by atomic mass is 10.1. The van der Waals surface area contributed by atoms with Crippen molar-refractivity contribution in [1.82, 2.24) is 9.34 Å². The summed E-state index contributed by atoms with van der Waals surface area (Å²) in [6.07, 6.45) is 4.47. The SMILES string of the molecule is CCN(CC[N+](C)(C)CCCCCC[N+](C)(C)CCN(CC)P(=O)(Oc1ccccc1C)Oc1ccccc1C)P(=O)(Oc1ccccc1C)Oc1ccccc1C. The Morgan fingerprint density at radius 1 is 0.431 bits per heavy atom. The first kappa shape index (κ1) is 47.1. The Morgan fingerprint density at radius 2 is 0.690 bits per heavy atom. The van der Waals surface area contributed by atoms with Crippen LogP contribution in [0.15, 0.2) is 97.1 Å². The molecule has 4 aromatic rings. The van der Waals surface area contributed by atoms with Crippen LogP contribution in [0.2, 0.25) is 0 Å². The number of para-hydroxylation sites is 4. The highest BCUT2D eigenvalue weighted by Crippen LogP contribution is 2.54. The quantitative estimate of drug-likeness (QED) is 0.0371. The van der Waals surface area contributed by atoms with Gasteiger partial charge in [0.2, 0.25) is 0 Å². The summed E-state index contributed by atoms with van der Waals surface area (Å²) >= 11 is 0. The van der Waals surface area contributed by atoms with E-state index < -0.39 is 15.5 Å². The van der Waals surface area contributed by atoms with Crippen LogP contribution in [-0.2, 0) is 9.13 Å². The summed E-state index contributed by atoms with van der Waals surface area (Å²) in [5.74, 6) is 2.26. The van der Waals surface area contributed by atoms with Gasteiger partial charge in [0, 0.05) is 13.1 Å². The van der Waals surface area contributed by atoms with E-state index in [1.54, 1.807) is 0 Å². The molecule has 0 atom stereocenters. The third-order valence-electron chi connectivity index (χ3n) is 10.9. The molecule has 318 valence electrons. The van der Waals surface area contributed by atoms with E-state index in [4.69, 9.17) is 18.1 Å². The minimum atomic E-state index is -3.74. The van der Waals surface area contributed by atoms with Crippen LogP contribution >= 0.6 is 15.5 Å².